The first-order chi connectivity index (χ1) is 11.5. The molecule has 0 fully saturated rings. The Balaban J connectivity index is 1.65. The van der Waals surface area contributed by atoms with Crippen molar-refractivity contribution in [2.24, 2.45) is 7.05 Å². The molecular weight excluding hydrogens is 302 g/mol. The third-order valence-electron chi connectivity index (χ3n) is 4.00. The minimum atomic E-state index is -0.0650. The highest BCUT2D eigenvalue weighted by Crippen LogP contribution is 2.18. The van der Waals surface area contributed by atoms with Crippen LogP contribution in [0.2, 0.25) is 0 Å². The summed E-state index contributed by atoms with van der Waals surface area (Å²) in [5.41, 5.74) is 4.58. The average molecular weight is 323 g/mol. The molecule has 6 nitrogen and oxygen atoms in total. The summed E-state index contributed by atoms with van der Waals surface area (Å²) in [6, 6.07) is 9.88. The van der Waals surface area contributed by atoms with E-state index >= 15 is 0 Å². The Kier molecular flexibility index (Phi) is 4.46. The number of aromatic nitrogens is 4. The molecule has 1 amide bonds. The molecule has 1 N–H and O–H groups in total. The molecule has 2 aromatic heterocycles. The minimum absolute atomic E-state index is 0.0650. The predicted octanol–water partition coefficient (Wildman–Crippen LogP) is 2.43. The molecule has 0 spiro atoms. The van der Waals surface area contributed by atoms with Crippen molar-refractivity contribution in [1.82, 2.24) is 24.9 Å². The van der Waals surface area contributed by atoms with Gasteiger partial charge in [0.05, 0.1) is 11.9 Å². The molecule has 0 saturated heterocycles. The van der Waals surface area contributed by atoms with Crippen LogP contribution in [0.25, 0.3) is 11.3 Å². The van der Waals surface area contributed by atoms with Crippen LogP contribution in [0.5, 0.6) is 0 Å². The van der Waals surface area contributed by atoms with E-state index in [1.54, 1.807) is 22.7 Å². The van der Waals surface area contributed by atoms with Gasteiger partial charge in [-0.15, -0.1) is 0 Å². The number of aromatic amines is 1. The molecule has 0 aliphatic rings. The number of hydrogen-bond donors (Lipinski definition) is 1. The van der Waals surface area contributed by atoms with Crippen molar-refractivity contribution in [2.75, 3.05) is 13.6 Å². The maximum Gasteiger partial charge on any atom is 0.271 e. The topological polar surface area (TPSA) is 66.8 Å². The van der Waals surface area contributed by atoms with E-state index in [0.29, 0.717) is 12.2 Å². The number of likely N-dealkylation sites (N-methyl/N-ethyl adjacent to an activating group) is 1. The summed E-state index contributed by atoms with van der Waals surface area (Å²) >= 11 is 0. The van der Waals surface area contributed by atoms with Gasteiger partial charge in [0.1, 0.15) is 5.69 Å². The first-order valence-corrected chi connectivity index (χ1v) is 7.88. The van der Waals surface area contributed by atoms with Crippen LogP contribution < -0.4 is 0 Å². The Labute approximate surface area is 141 Å². The van der Waals surface area contributed by atoms with Crippen molar-refractivity contribution < 1.29 is 4.79 Å². The lowest BCUT2D eigenvalue weighted by molar-refractivity contribution is 0.0791. The fourth-order valence-corrected chi connectivity index (χ4v) is 2.51. The SMILES string of the molecule is Cc1ccc(-c2cc(C(=O)N(C)CCc3cnn(C)c3)[nH]n2)cc1. The molecule has 0 aliphatic carbocycles. The van der Waals surface area contributed by atoms with E-state index in [1.807, 2.05) is 50.6 Å². The Hall–Kier alpha value is -2.89. The lowest BCUT2D eigenvalue weighted by atomic mass is 10.1. The number of hydrogen-bond acceptors (Lipinski definition) is 3. The predicted molar refractivity (Wildman–Crippen MR) is 92.6 cm³/mol. The van der Waals surface area contributed by atoms with Crippen LogP contribution in [0.3, 0.4) is 0 Å². The highest BCUT2D eigenvalue weighted by molar-refractivity contribution is 5.93. The Bertz CT molecular complexity index is 831. The van der Waals surface area contributed by atoms with E-state index in [1.165, 1.54) is 5.56 Å². The summed E-state index contributed by atoms with van der Waals surface area (Å²) < 4.78 is 1.76. The molecule has 24 heavy (non-hydrogen) atoms. The van der Waals surface area contributed by atoms with Crippen LogP contribution in [0.15, 0.2) is 42.7 Å². The quantitative estimate of drug-likeness (QED) is 0.784. The van der Waals surface area contributed by atoms with Gasteiger partial charge in [0, 0.05) is 32.4 Å². The number of amides is 1. The first-order valence-electron chi connectivity index (χ1n) is 7.88. The summed E-state index contributed by atoms with van der Waals surface area (Å²) in [7, 11) is 3.68. The molecule has 2 heterocycles. The summed E-state index contributed by atoms with van der Waals surface area (Å²) in [4.78, 5) is 14.2. The number of rotatable bonds is 5. The van der Waals surface area contributed by atoms with E-state index in [9.17, 15) is 4.79 Å². The number of benzene rings is 1. The van der Waals surface area contributed by atoms with Gasteiger partial charge < -0.3 is 4.90 Å². The van der Waals surface area contributed by atoms with Gasteiger partial charge in [0.15, 0.2) is 0 Å². The number of H-pyrrole nitrogens is 1. The molecule has 0 aliphatic heterocycles. The zero-order valence-electron chi connectivity index (χ0n) is 14.2. The summed E-state index contributed by atoms with van der Waals surface area (Å²) in [6.07, 6.45) is 4.56. The second-order valence-electron chi connectivity index (χ2n) is 6.03. The number of carbonyl (C=O) groups excluding carboxylic acids is 1. The third kappa shape index (κ3) is 3.53. The maximum absolute atomic E-state index is 12.5. The minimum Gasteiger partial charge on any atom is -0.340 e. The van der Waals surface area contributed by atoms with Crippen LogP contribution in [-0.2, 0) is 13.5 Å². The molecule has 0 unspecified atom stereocenters. The van der Waals surface area contributed by atoms with Gasteiger partial charge in [-0.05, 0) is 25.0 Å². The highest BCUT2D eigenvalue weighted by atomic mass is 16.2. The zero-order valence-corrected chi connectivity index (χ0v) is 14.2. The van der Waals surface area contributed by atoms with Gasteiger partial charge in [-0.3, -0.25) is 14.6 Å². The number of nitrogens with zero attached hydrogens (tertiary/aromatic N) is 4. The monoisotopic (exact) mass is 323 g/mol. The molecule has 1 aromatic carbocycles. The highest BCUT2D eigenvalue weighted by Gasteiger charge is 2.15. The molecule has 3 rings (SSSR count). The van der Waals surface area contributed by atoms with E-state index in [0.717, 1.165) is 23.2 Å². The summed E-state index contributed by atoms with van der Waals surface area (Å²) in [5, 5.41) is 11.2. The van der Waals surface area contributed by atoms with E-state index in [2.05, 4.69) is 15.3 Å². The lowest BCUT2D eigenvalue weighted by Crippen LogP contribution is -2.29. The smallest absolute Gasteiger partial charge is 0.271 e. The average Bonchev–Trinajstić information content (AvgIpc) is 3.22. The van der Waals surface area contributed by atoms with Crippen LogP contribution in [0.4, 0.5) is 0 Å². The third-order valence-corrected chi connectivity index (χ3v) is 4.00. The standard InChI is InChI=1S/C18H21N5O/c1-13-4-6-15(7-5-13)16-10-17(21-20-16)18(24)22(2)9-8-14-11-19-23(3)12-14/h4-7,10-12H,8-9H2,1-3H3,(H,20,21). The van der Waals surface area contributed by atoms with Gasteiger partial charge in [-0.25, -0.2) is 0 Å². The molecule has 124 valence electrons. The fourth-order valence-electron chi connectivity index (χ4n) is 2.51. The van der Waals surface area contributed by atoms with Crippen LogP contribution in [0, 0.1) is 6.92 Å². The van der Waals surface area contributed by atoms with Gasteiger partial charge in [0.25, 0.3) is 5.91 Å². The van der Waals surface area contributed by atoms with Crippen molar-refractivity contribution >= 4 is 5.91 Å². The summed E-state index contributed by atoms with van der Waals surface area (Å²) in [5.74, 6) is -0.0650. The zero-order chi connectivity index (χ0) is 17.1. The molecule has 0 saturated carbocycles. The first kappa shape index (κ1) is 16.0. The lowest BCUT2D eigenvalue weighted by Gasteiger charge is -2.15. The molecule has 3 aromatic rings. The van der Waals surface area contributed by atoms with E-state index in [4.69, 9.17) is 0 Å². The van der Waals surface area contributed by atoms with Crippen molar-refractivity contribution in [3.05, 3.63) is 59.5 Å². The second kappa shape index (κ2) is 6.70. The normalized spacial score (nSPS) is 10.8. The Morgan fingerprint density at radius 1 is 1.29 bits per heavy atom. The number of nitrogens with one attached hydrogen (secondary N) is 1. The molecule has 0 atom stereocenters. The van der Waals surface area contributed by atoms with Crippen LogP contribution in [0.1, 0.15) is 21.6 Å². The van der Waals surface area contributed by atoms with E-state index in [-0.39, 0.29) is 5.91 Å². The molecular formula is C18H21N5O. The van der Waals surface area contributed by atoms with Crippen LogP contribution >= 0.6 is 0 Å². The molecule has 6 heteroatoms. The van der Waals surface area contributed by atoms with Crippen molar-refractivity contribution in [3.8, 4) is 11.3 Å². The Morgan fingerprint density at radius 2 is 2.04 bits per heavy atom. The maximum atomic E-state index is 12.5. The molecule has 0 radical (unpaired) electrons. The largest absolute Gasteiger partial charge is 0.340 e. The van der Waals surface area contributed by atoms with Gasteiger partial charge in [-0.2, -0.15) is 10.2 Å². The second-order valence-corrected chi connectivity index (χ2v) is 6.03. The van der Waals surface area contributed by atoms with Crippen molar-refractivity contribution in [1.29, 1.82) is 0 Å². The molecule has 0 bridgehead atoms. The van der Waals surface area contributed by atoms with Gasteiger partial charge >= 0.3 is 0 Å². The van der Waals surface area contributed by atoms with Crippen molar-refractivity contribution in [3.63, 3.8) is 0 Å². The Morgan fingerprint density at radius 3 is 2.71 bits per heavy atom. The van der Waals surface area contributed by atoms with Crippen LogP contribution in [-0.4, -0.2) is 44.4 Å². The van der Waals surface area contributed by atoms with Gasteiger partial charge in [0.2, 0.25) is 0 Å². The number of aryl methyl sites for hydroxylation is 2. The number of carbonyl (C=O) groups is 1. The van der Waals surface area contributed by atoms with Gasteiger partial charge in [-0.1, -0.05) is 29.8 Å². The van der Waals surface area contributed by atoms with E-state index < -0.39 is 0 Å². The fraction of sp³-hybridized carbons (Fsp3) is 0.278. The van der Waals surface area contributed by atoms with Crippen molar-refractivity contribution in [2.45, 2.75) is 13.3 Å². The summed E-state index contributed by atoms with van der Waals surface area (Å²) in [6.45, 7) is 2.67.